The van der Waals surface area contributed by atoms with Crippen LogP contribution in [0.15, 0.2) is 60.7 Å². The van der Waals surface area contributed by atoms with Crippen molar-refractivity contribution >= 4 is 17.1 Å². The van der Waals surface area contributed by atoms with Crippen molar-refractivity contribution in [2.24, 2.45) is 0 Å². The zero-order chi connectivity index (χ0) is 13.2. The third-order valence-electron chi connectivity index (χ3n) is 3.20. The van der Waals surface area contributed by atoms with Crippen LogP contribution < -0.4 is 0 Å². The molecule has 0 saturated heterocycles. The third kappa shape index (κ3) is 2.13. The van der Waals surface area contributed by atoms with E-state index < -0.39 is 0 Å². The molecule has 2 heteroatoms. The minimum Gasteiger partial charge on any atom is -0.298 e. The first-order valence-electron chi connectivity index (χ1n) is 6.02. The second-order valence-electron chi connectivity index (χ2n) is 4.41. The zero-order valence-electron chi connectivity index (χ0n) is 10.1. The molecule has 19 heavy (non-hydrogen) atoms. The minimum absolute atomic E-state index is 0.339. The smallest absolute Gasteiger partial charge is 0.150 e. The standard InChI is InChI=1S/C17H11FO/c18-16-8-7-15(11-19)17(10-16)14-6-5-12-3-1-2-4-13(12)9-14/h1-11H. The van der Waals surface area contributed by atoms with Gasteiger partial charge >= 0.3 is 0 Å². The molecule has 3 aromatic rings. The fourth-order valence-electron chi connectivity index (χ4n) is 2.24. The molecular formula is C17H11FO. The molecule has 3 rings (SSSR count). The second-order valence-corrected chi connectivity index (χ2v) is 4.41. The summed E-state index contributed by atoms with van der Waals surface area (Å²) in [5.74, 6) is -0.339. The summed E-state index contributed by atoms with van der Waals surface area (Å²) >= 11 is 0. The fraction of sp³-hybridized carbons (Fsp3) is 0. The van der Waals surface area contributed by atoms with Crippen molar-refractivity contribution in [3.8, 4) is 11.1 Å². The van der Waals surface area contributed by atoms with Gasteiger partial charge in [0.25, 0.3) is 0 Å². The number of hydrogen-bond acceptors (Lipinski definition) is 1. The van der Waals surface area contributed by atoms with E-state index in [4.69, 9.17) is 0 Å². The average Bonchev–Trinajstić information content (AvgIpc) is 2.46. The van der Waals surface area contributed by atoms with E-state index in [0.717, 1.165) is 22.6 Å². The summed E-state index contributed by atoms with van der Waals surface area (Å²) < 4.78 is 13.4. The molecule has 0 aliphatic heterocycles. The highest BCUT2D eigenvalue weighted by molar-refractivity contribution is 5.92. The van der Waals surface area contributed by atoms with E-state index in [1.54, 1.807) is 0 Å². The van der Waals surface area contributed by atoms with Crippen LogP contribution in [0.3, 0.4) is 0 Å². The van der Waals surface area contributed by atoms with Gasteiger partial charge in [0.15, 0.2) is 6.29 Å². The third-order valence-corrected chi connectivity index (χ3v) is 3.20. The lowest BCUT2D eigenvalue weighted by atomic mass is 9.97. The van der Waals surface area contributed by atoms with Gasteiger partial charge in [0.1, 0.15) is 5.82 Å². The van der Waals surface area contributed by atoms with Crippen LogP contribution >= 0.6 is 0 Å². The van der Waals surface area contributed by atoms with E-state index in [9.17, 15) is 9.18 Å². The van der Waals surface area contributed by atoms with Gasteiger partial charge in [-0.2, -0.15) is 0 Å². The summed E-state index contributed by atoms with van der Waals surface area (Å²) in [4.78, 5) is 11.1. The van der Waals surface area contributed by atoms with Gasteiger partial charge in [0, 0.05) is 5.56 Å². The van der Waals surface area contributed by atoms with Crippen LogP contribution in [0.1, 0.15) is 10.4 Å². The Morgan fingerprint density at radius 1 is 0.842 bits per heavy atom. The Morgan fingerprint density at radius 2 is 1.63 bits per heavy atom. The molecule has 0 aliphatic rings. The molecule has 1 nitrogen and oxygen atoms in total. The van der Waals surface area contributed by atoms with E-state index in [-0.39, 0.29) is 5.82 Å². The van der Waals surface area contributed by atoms with Gasteiger partial charge in [-0.3, -0.25) is 4.79 Å². The van der Waals surface area contributed by atoms with E-state index >= 15 is 0 Å². The zero-order valence-corrected chi connectivity index (χ0v) is 10.1. The number of carbonyl (C=O) groups excluding carboxylic acids is 1. The Morgan fingerprint density at radius 3 is 2.42 bits per heavy atom. The Balaban J connectivity index is 2.24. The summed E-state index contributed by atoms with van der Waals surface area (Å²) in [6, 6.07) is 18.0. The number of fused-ring (bicyclic) bond motifs is 1. The van der Waals surface area contributed by atoms with Crippen molar-refractivity contribution in [3.05, 3.63) is 72.0 Å². The molecule has 0 aromatic heterocycles. The van der Waals surface area contributed by atoms with Gasteiger partial charge in [-0.25, -0.2) is 4.39 Å². The molecule has 0 bridgehead atoms. The topological polar surface area (TPSA) is 17.1 Å². The SMILES string of the molecule is O=Cc1ccc(F)cc1-c1ccc2ccccc2c1. The molecule has 0 amide bonds. The molecule has 0 spiro atoms. The number of hydrogen-bond donors (Lipinski definition) is 0. The van der Waals surface area contributed by atoms with Crippen LogP contribution in [-0.4, -0.2) is 6.29 Å². The van der Waals surface area contributed by atoms with E-state index in [1.807, 2.05) is 42.5 Å². The molecule has 92 valence electrons. The first-order chi connectivity index (χ1) is 9.28. The summed E-state index contributed by atoms with van der Waals surface area (Å²) in [5.41, 5.74) is 1.97. The molecule has 0 aliphatic carbocycles. The van der Waals surface area contributed by atoms with Crippen LogP contribution in [0.25, 0.3) is 21.9 Å². The monoisotopic (exact) mass is 250 g/mol. The Labute approximate surface area is 110 Å². The molecular weight excluding hydrogens is 239 g/mol. The van der Waals surface area contributed by atoms with Crippen LogP contribution in [-0.2, 0) is 0 Å². The fourth-order valence-corrected chi connectivity index (χ4v) is 2.24. The number of halogens is 1. The van der Waals surface area contributed by atoms with E-state index in [1.165, 1.54) is 18.2 Å². The summed E-state index contributed by atoms with van der Waals surface area (Å²) in [7, 11) is 0. The van der Waals surface area contributed by atoms with Gasteiger partial charge in [-0.05, 0) is 46.2 Å². The lowest BCUT2D eigenvalue weighted by Gasteiger charge is -2.07. The van der Waals surface area contributed by atoms with Crippen molar-refractivity contribution in [3.63, 3.8) is 0 Å². The number of carbonyl (C=O) groups is 1. The second kappa shape index (κ2) is 4.65. The van der Waals surface area contributed by atoms with Crippen molar-refractivity contribution in [2.75, 3.05) is 0 Å². The van der Waals surface area contributed by atoms with E-state index in [0.29, 0.717) is 11.1 Å². The maximum Gasteiger partial charge on any atom is 0.150 e. The number of benzene rings is 3. The Hall–Kier alpha value is -2.48. The normalized spacial score (nSPS) is 10.6. The van der Waals surface area contributed by atoms with Crippen molar-refractivity contribution in [1.82, 2.24) is 0 Å². The Bertz CT molecular complexity index is 762. The highest BCUT2D eigenvalue weighted by Crippen LogP contribution is 2.27. The van der Waals surface area contributed by atoms with Gasteiger partial charge in [0.2, 0.25) is 0 Å². The predicted molar refractivity (Wildman–Crippen MR) is 74.7 cm³/mol. The first-order valence-corrected chi connectivity index (χ1v) is 6.02. The van der Waals surface area contributed by atoms with Gasteiger partial charge in [-0.1, -0.05) is 36.4 Å². The van der Waals surface area contributed by atoms with Crippen LogP contribution in [0.2, 0.25) is 0 Å². The highest BCUT2D eigenvalue weighted by atomic mass is 19.1. The quantitative estimate of drug-likeness (QED) is 0.614. The molecule has 0 radical (unpaired) electrons. The largest absolute Gasteiger partial charge is 0.298 e. The van der Waals surface area contributed by atoms with Crippen molar-refractivity contribution in [1.29, 1.82) is 0 Å². The van der Waals surface area contributed by atoms with Crippen molar-refractivity contribution in [2.45, 2.75) is 0 Å². The van der Waals surface area contributed by atoms with Crippen molar-refractivity contribution < 1.29 is 9.18 Å². The highest BCUT2D eigenvalue weighted by Gasteiger charge is 2.06. The van der Waals surface area contributed by atoms with Gasteiger partial charge in [0.05, 0.1) is 0 Å². The molecule has 3 aromatic carbocycles. The lowest BCUT2D eigenvalue weighted by Crippen LogP contribution is -1.89. The summed E-state index contributed by atoms with van der Waals surface area (Å²) in [6.07, 6.45) is 0.754. The number of rotatable bonds is 2. The number of aldehydes is 1. The Kier molecular flexibility index (Phi) is 2.84. The van der Waals surface area contributed by atoms with Crippen LogP contribution in [0.5, 0.6) is 0 Å². The maximum absolute atomic E-state index is 13.4. The first kappa shape index (κ1) is 11.6. The minimum atomic E-state index is -0.339. The molecule has 0 heterocycles. The molecule has 0 unspecified atom stereocenters. The summed E-state index contributed by atoms with van der Waals surface area (Å²) in [6.45, 7) is 0. The van der Waals surface area contributed by atoms with Gasteiger partial charge < -0.3 is 0 Å². The molecule has 0 atom stereocenters. The molecule has 0 fully saturated rings. The van der Waals surface area contributed by atoms with Crippen LogP contribution in [0, 0.1) is 5.82 Å². The van der Waals surface area contributed by atoms with Gasteiger partial charge in [-0.15, -0.1) is 0 Å². The predicted octanol–water partition coefficient (Wildman–Crippen LogP) is 4.46. The average molecular weight is 250 g/mol. The van der Waals surface area contributed by atoms with Crippen LogP contribution in [0.4, 0.5) is 4.39 Å². The molecule has 0 saturated carbocycles. The summed E-state index contributed by atoms with van der Waals surface area (Å²) in [5, 5.41) is 2.19. The molecule has 0 N–H and O–H groups in total. The maximum atomic E-state index is 13.4. The lowest BCUT2D eigenvalue weighted by molar-refractivity contribution is 0.112. The van der Waals surface area contributed by atoms with E-state index in [2.05, 4.69) is 0 Å².